The molecule has 0 spiro atoms. The monoisotopic (exact) mass is 509 g/mol. The molecule has 1 aliphatic heterocycles. The number of carbonyl (C=O) groups is 2. The van der Waals surface area contributed by atoms with Crippen LogP contribution < -0.4 is 9.64 Å². The molecule has 1 unspecified atom stereocenters. The average molecular weight is 510 g/mol. The van der Waals surface area contributed by atoms with Gasteiger partial charge in [-0.2, -0.15) is 0 Å². The van der Waals surface area contributed by atoms with Crippen LogP contribution in [-0.4, -0.2) is 21.9 Å². The molecular weight excluding hydrogens is 485 g/mol. The van der Waals surface area contributed by atoms with Crippen molar-refractivity contribution in [2.45, 2.75) is 19.6 Å². The molecule has 190 valence electrons. The molecular formula is C31H24FNO5. The smallest absolute Gasteiger partial charge is 0.300 e. The summed E-state index contributed by atoms with van der Waals surface area (Å²) in [6.45, 7) is 2.19. The number of ketones is 1. The molecule has 38 heavy (non-hydrogen) atoms. The second-order valence-corrected chi connectivity index (χ2v) is 9.00. The average Bonchev–Trinajstić information content (AvgIpc) is 3.18. The first-order valence-corrected chi connectivity index (χ1v) is 12.0. The minimum Gasteiger partial charge on any atom is -0.508 e. The lowest BCUT2D eigenvalue weighted by atomic mass is 9.94. The second kappa shape index (κ2) is 10.2. The maximum atomic E-state index is 14.1. The number of aryl methyl sites for hydroxylation is 1. The Morgan fingerprint density at radius 3 is 2.34 bits per heavy atom. The summed E-state index contributed by atoms with van der Waals surface area (Å²) in [5, 5.41) is 21.1. The Bertz CT molecular complexity index is 1550. The molecule has 7 heteroatoms. The summed E-state index contributed by atoms with van der Waals surface area (Å²) in [7, 11) is 0. The lowest BCUT2D eigenvalue weighted by Gasteiger charge is -2.25. The highest BCUT2D eigenvalue weighted by Crippen LogP contribution is 2.42. The number of ether oxygens (including phenoxy) is 1. The van der Waals surface area contributed by atoms with Crippen molar-refractivity contribution < 1.29 is 28.9 Å². The summed E-state index contributed by atoms with van der Waals surface area (Å²) < 4.78 is 20.0. The van der Waals surface area contributed by atoms with E-state index in [0.717, 1.165) is 22.1 Å². The van der Waals surface area contributed by atoms with E-state index in [-0.39, 0.29) is 22.8 Å². The number of benzene rings is 4. The normalized spacial score (nSPS) is 16.6. The van der Waals surface area contributed by atoms with Gasteiger partial charge in [0.1, 0.15) is 29.7 Å². The van der Waals surface area contributed by atoms with E-state index in [1.807, 2.05) is 37.3 Å². The minimum atomic E-state index is -1.04. The molecule has 0 aliphatic carbocycles. The van der Waals surface area contributed by atoms with Gasteiger partial charge in [0.25, 0.3) is 11.7 Å². The van der Waals surface area contributed by atoms with Crippen LogP contribution in [0.25, 0.3) is 5.76 Å². The third-order valence-electron chi connectivity index (χ3n) is 6.43. The summed E-state index contributed by atoms with van der Waals surface area (Å²) in [5.74, 6) is -2.12. The first kappa shape index (κ1) is 24.8. The van der Waals surface area contributed by atoms with Crippen molar-refractivity contribution in [2.75, 3.05) is 4.90 Å². The number of rotatable bonds is 6. The SMILES string of the molecule is Cc1cc(/C(O)=C2\C(=O)C(=O)N(c3cccc(F)c3)C2c2ccc(O)cc2)ccc1OCc1ccccc1. The van der Waals surface area contributed by atoms with Crippen LogP contribution in [0.2, 0.25) is 0 Å². The molecule has 2 N–H and O–H groups in total. The van der Waals surface area contributed by atoms with E-state index < -0.39 is 23.5 Å². The van der Waals surface area contributed by atoms with Crippen molar-refractivity contribution in [2.24, 2.45) is 0 Å². The highest BCUT2D eigenvalue weighted by molar-refractivity contribution is 6.51. The summed E-state index contributed by atoms with van der Waals surface area (Å²) in [6.07, 6.45) is 0. The standard InChI is InChI=1S/C31H24FNO5/c1-19-16-22(12-15-26(19)38-18-20-6-3-2-4-7-20)29(35)27-28(21-10-13-25(34)14-11-21)33(31(37)30(27)36)24-9-5-8-23(32)17-24/h2-17,28,34-35H,18H2,1H3/b29-27+. The largest absolute Gasteiger partial charge is 0.508 e. The second-order valence-electron chi connectivity index (χ2n) is 9.00. The van der Waals surface area contributed by atoms with Gasteiger partial charge in [0.05, 0.1) is 11.6 Å². The van der Waals surface area contributed by atoms with E-state index in [2.05, 4.69) is 0 Å². The fourth-order valence-corrected chi connectivity index (χ4v) is 4.55. The lowest BCUT2D eigenvalue weighted by Crippen LogP contribution is -2.29. The van der Waals surface area contributed by atoms with Crippen LogP contribution in [-0.2, 0) is 16.2 Å². The molecule has 4 aromatic rings. The number of phenolic OH excluding ortho intramolecular Hbond substituents is 1. The van der Waals surface area contributed by atoms with E-state index in [4.69, 9.17) is 4.74 Å². The highest BCUT2D eigenvalue weighted by atomic mass is 19.1. The molecule has 4 aromatic carbocycles. The Hall–Kier alpha value is -4.91. The van der Waals surface area contributed by atoms with Gasteiger partial charge in [0.2, 0.25) is 0 Å². The van der Waals surface area contributed by atoms with Crippen LogP contribution in [0.5, 0.6) is 11.5 Å². The number of hydrogen-bond donors (Lipinski definition) is 2. The number of carbonyl (C=O) groups excluding carboxylic acids is 2. The molecule has 1 amide bonds. The number of aliphatic hydroxyl groups excluding tert-OH is 1. The molecule has 0 radical (unpaired) electrons. The zero-order chi connectivity index (χ0) is 26.8. The van der Waals surface area contributed by atoms with Crippen molar-refractivity contribution in [3.8, 4) is 11.5 Å². The molecule has 0 saturated carbocycles. The third-order valence-corrected chi connectivity index (χ3v) is 6.43. The molecule has 0 bridgehead atoms. The van der Waals surface area contributed by atoms with Crippen molar-refractivity contribution in [3.63, 3.8) is 0 Å². The zero-order valence-corrected chi connectivity index (χ0v) is 20.5. The molecule has 1 aliphatic rings. The van der Waals surface area contributed by atoms with Crippen LogP contribution in [0, 0.1) is 12.7 Å². The number of Topliss-reactive ketones (excluding diaryl/α,β-unsaturated/α-hetero) is 1. The lowest BCUT2D eigenvalue weighted by molar-refractivity contribution is -0.132. The van der Waals surface area contributed by atoms with E-state index in [9.17, 15) is 24.2 Å². The van der Waals surface area contributed by atoms with E-state index in [1.54, 1.807) is 30.3 Å². The van der Waals surface area contributed by atoms with Gasteiger partial charge < -0.3 is 14.9 Å². The molecule has 5 rings (SSSR count). The first-order valence-electron chi connectivity index (χ1n) is 12.0. The van der Waals surface area contributed by atoms with Crippen molar-refractivity contribution >= 4 is 23.1 Å². The van der Waals surface area contributed by atoms with Crippen LogP contribution in [0.15, 0.2) is 103 Å². The highest BCUT2D eigenvalue weighted by Gasteiger charge is 2.47. The number of phenols is 1. The zero-order valence-electron chi connectivity index (χ0n) is 20.5. The van der Waals surface area contributed by atoms with E-state index in [0.29, 0.717) is 23.5 Å². The summed E-state index contributed by atoms with van der Waals surface area (Å²) >= 11 is 0. The Morgan fingerprint density at radius 1 is 0.921 bits per heavy atom. The summed E-state index contributed by atoms with van der Waals surface area (Å²) in [4.78, 5) is 27.6. The maximum absolute atomic E-state index is 14.1. The number of hydrogen-bond acceptors (Lipinski definition) is 5. The molecule has 6 nitrogen and oxygen atoms in total. The molecule has 1 heterocycles. The molecule has 1 saturated heterocycles. The van der Waals surface area contributed by atoms with Gasteiger partial charge in [-0.05, 0) is 72.1 Å². The maximum Gasteiger partial charge on any atom is 0.300 e. The number of aromatic hydroxyl groups is 1. The Balaban J connectivity index is 1.56. The van der Waals surface area contributed by atoms with Gasteiger partial charge in [-0.3, -0.25) is 14.5 Å². The van der Waals surface area contributed by atoms with Gasteiger partial charge >= 0.3 is 0 Å². The fraction of sp³-hybridized carbons (Fsp3) is 0.0968. The van der Waals surface area contributed by atoms with Crippen LogP contribution in [0.1, 0.15) is 28.3 Å². The van der Waals surface area contributed by atoms with Crippen LogP contribution in [0.3, 0.4) is 0 Å². The Morgan fingerprint density at radius 2 is 1.66 bits per heavy atom. The Labute approximate surface area is 218 Å². The quantitative estimate of drug-likeness (QED) is 0.188. The van der Waals surface area contributed by atoms with Gasteiger partial charge in [-0.15, -0.1) is 0 Å². The number of halogens is 1. The number of aliphatic hydroxyl groups is 1. The van der Waals surface area contributed by atoms with Crippen molar-refractivity contribution in [3.05, 3.63) is 131 Å². The fourth-order valence-electron chi connectivity index (χ4n) is 4.55. The molecule has 0 aromatic heterocycles. The van der Waals surface area contributed by atoms with Gasteiger partial charge in [0.15, 0.2) is 0 Å². The predicted molar refractivity (Wildman–Crippen MR) is 141 cm³/mol. The van der Waals surface area contributed by atoms with Gasteiger partial charge in [-0.1, -0.05) is 48.5 Å². The van der Waals surface area contributed by atoms with Crippen LogP contribution in [0.4, 0.5) is 10.1 Å². The third kappa shape index (κ3) is 4.74. The summed E-state index contributed by atoms with van der Waals surface area (Å²) in [6, 6.07) is 24.9. The van der Waals surface area contributed by atoms with Crippen molar-refractivity contribution in [1.29, 1.82) is 0 Å². The predicted octanol–water partition coefficient (Wildman–Crippen LogP) is 6.05. The number of nitrogens with zero attached hydrogens (tertiary/aromatic N) is 1. The molecule has 1 fully saturated rings. The van der Waals surface area contributed by atoms with Crippen LogP contribution >= 0.6 is 0 Å². The van der Waals surface area contributed by atoms with Crippen molar-refractivity contribution in [1.82, 2.24) is 0 Å². The van der Waals surface area contributed by atoms with Gasteiger partial charge in [-0.25, -0.2) is 4.39 Å². The number of anilines is 1. The van der Waals surface area contributed by atoms with Gasteiger partial charge in [0, 0.05) is 11.3 Å². The molecule has 1 atom stereocenters. The Kier molecular flexibility index (Phi) is 6.66. The number of amides is 1. The van der Waals surface area contributed by atoms with E-state index in [1.165, 1.54) is 30.3 Å². The van der Waals surface area contributed by atoms with E-state index >= 15 is 0 Å². The first-order chi connectivity index (χ1) is 18.3. The summed E-state index contributed by atoms with van der Waals surface area (Å²) in [5.41, 5.74) is 2.56. The minimum absolute atomic E-state index is 0.00169. The topological polar surface area (TPSA) is 87.1 Å².